The molecule has 0 spiro atoms. The van der Waals surface area contributed by atoms with E-state index in [-0.39, 0.29) is 23.0 Å². The van der Waals surface area contributed by atoms with E-state index in [0.29, 0.717) is 0 Å². The minimum Gasteiger partial charge on any atom is -1.00 e. The van der Waals surface area contributed by atoms with Crippen LogP contribution < -0.4 is 22.0 Å². The van der Waals surface area contributed by atoms with Gasteiger partial charge in [0.2, 0.25) is 0 Å². The number of rotatable bonds is 5. The highest BCUT2D eigenvalue weighted by molar-refractivity contribution is 5.63. The Hall–Kier alpha value is -1.62. The Labute approximate surface area is 155 Å². The van der Waals surface area contributed by atoms with Gasteiger partial charge in [-0.3, -0.25) is 0 Å². The number of quaternary nitrogens is 1. The van der Waals surface area contributed by atoms with Gasteiger partial charge in [0.25, 0.3) is 0 Å². The third kappa shape index (κ3) is 3.56. The molecule has 2 aromatic rings. The first-order valence-electron chi connectivity index (χ1n) is 8.28. The predicted molar refractivity (Wildman–Crippen MR) is 93.4 cm³/mol. The first-order chi connectivity index (χ1) is 11.2. The van der Waals surface area contributed by atoms with E-state index < -0.39 is 0 Å². The molecular formula is C20H25BrN2O. The SMILES string of the molecule is CCCOC1=C(c2ccccc2)[NH+](C)N(C)C1c1ccccc1.[Br-]. The molecule has 2 aromatic carbocycles. The zero-order valence-electron chi connectivity index (χ0n) is 14.5. The number of nitrogens with zero attached hydrogens (tertiary/aromatic N) is 1. The Balaban J connectivity index is 0.00000208. The lowest BCUT2D eigenvalue weighted by atomic mass is 10.0. The number of benzene rings is 2. The minimum atomic E-state index is 0. The van der Waals surface area contributed by atoms with Crippen LogP contribution in [-0.2, 0) is 4.74 Å². The van der Waals surface area contributed by atoms with E-state index in [9.17, 15) is 0 Å². The molecule has 1 heterocycles. The summed E-state index contributed by atoms with van der Waals surface area (Å²) in [7, 11) is 4.33. The summed E-state index contributed by atoms with van der Waals surface area (Å²) in [5, 5.41) is 3.58. The van der Waals surface area contributed by atoms with Crippen molar-refractivity contribution in [1.29, 1.82) is 0 Å². The highest BCUT2D eigenvalue weighted by Crippen LogP contribution is 2.34. The van der Waals surface area contributed by atoms with E-state index >= 15 is 0 Å². The molecule has 3 rings (SSSR count). The summed E-state index contributed by atoms with van der Waals surface area (Å²) in [6, 6.07) is 21.3. The number of ether oxygens (including phenoxy) is 1. The molecule has 1 aliphatic heterocycles. The Morgan fingerprint density at radius 3 is 2.17 bits per heavy atom. The van der Waals surface area contributed by atoms with Crippen LogP contribution in [0.5, 0.6) is 0 Å². The zero-order chi connectivity index (χ0) is 16.2. The number of halogens is 1. The Morgan fingerprint density at radius 2 is 1.58 bits per heavy atom. The normalized spacial score (nSPS) is 20.8. The molecule has 0 aliphatic carbocycles. The highest BCUT2D eigenvalue weighted by Gasteiger charge is 2.42. The van der Waals surface area contributed by atoms with Crippen LogP contribution in [-0.4, -0.2) is 25.7 Å². The number of likely N-dealkylation sites (N-methyl/N-ethyl adjacent to an activating group) is 1. The van der Waals surface area contributed by atoms with Gasteiger partial charge in [0, 0.05) is 12.6 Å². The van der Waals surface area contributed by atoms with Crippen molar-refractivity contribution in [3.8, 4) is 0 Å². The lowest BCUT2D eigenvalue weighted by Gasteiger charge is -2.23. The van der Waals surface area contributed by atoms with Crippen LogP contribution in [0.15, 0.2) is 66.4 Å². The molecule has 2 atom stereocenters. The molecule has 128 valence electrons. The maximum Gasteiger partial charge on any atom is 0.198 e. The van der Waals surface area contributed by atoms with Crippen molar-refractivity contribution in [3.63, 3.8) is 0 Å². The Kier molecular flexibility index (Phi) is 6.60. The first-order valence-corrected chi connectivity index (χ1v) is 8.28. The van der Waals surface area contributed by atoms with Crippen LogP contribution in [0.1, 0.15) is 30.5 Å². The Morgan fingerprint density at radius 1 is 1.00 bits per heavy atom. The van der Waals surface area contributed by atoms with E-state index in [1.807, 2.05) is 0 Å². The van der Waals surface area contributed by atoms with Crippen molar-refractivity contribution < 1.29 is 26.7 Å². The van der Waals surface area contributed by atoms with Gasteiger partial charge >= 0.3 is 0 Å². The number of nitrogens with one attached hydrogen (secondary N) is 1. The number of hydrogen-bond donors (Lipinski definition) is 1. The van der Waals surface area contributed by atoms with Gasteiger partial charge in [-0.1, -0.05) is 55.5 Å². The summed E-state index contributed by atoms with van der Waals surface area (Å²) in [6.45, 7) is 2.89. The molecule has 3 nitrogen and oxygen atoms in total. The largest absolute Gasteiger partial charge is 1.00 e. The maximum absolute atomic E-state index is 6.24. The first kappa shape index (κ1) is 18.7. The number of hydrogen-bond acceptors (Lipinski definition) is 2. The van der Waals surface area contributed by atoms with Crippen LogP contribution in [0.4, 0.5) is 0 Å². The minimum absolute atomic E-state index is 0. The summed E-state index contributed by atoms with van der Waals surface area (Å²) >= 11 is 0. The summed E-state index contributed by atoms with van der Waals surface area (Å²) in [5.74, 6) is 1.07. The van der Waals surface area contributed by atoms with Crippen molar-refractivity contribution in [1.82, 2.24) is 5.01 Å². The topological polar surface area (TPSA) is 16.9 Å². The van der Waals surface area contributed by atoms with Gasteiger partial charge in [-0.25, -0.2) is 5.01 Å². The quantitative estimate of drug-likeness (QED) is 0.770. The summed E-state index contributed by atoms with van der Waals surface area (Å²) in [5.41, 5.74) is 3.73. The van der Waals surface area contributed by atoms with Crippen LogP contribution >= 0.6 is 0 Å². The summed E-state index contributed by atoms with van der Waals surface area (Å²) in [6.07, 6.45) is 1.01. The smallest absolute Gasteiger partial charge is 0.198 e. The molecule has 0 saturated carbocycles. The second-order valence-electron chi connectivity index (χ2n) is 5.96. The van der Waals surface area contributed by atoms with Gasteiger partial charge in [-0.2, -0.15) is 0 Å². The van der Waals surface area contributed by atoms with E-state index in [1.54, 1.807) is 0 Å². The Bertz CT molecular complexity index is 673. The van der Waals surface area contributed by atoms with E-state index in [0.717, 1.165) is 18.8 Å². The van der Waals surface area contributed by atoms with Crippen molar-refractivity contribution in [2.75, 3.05) is 20.7 Å². The third-order valence-corrected chi connectivity index (χ3v) is 4.41. The van der Waals surface area contributed by atoms with Crippen LogP contribution in [0.25, 0.3) is 5.70 Å². The zero-order valence-corrected chi connectivity index (χ0v) is 16.1. The van der Waals surface area contributed by atoms with E-state index in [1.165, 1.54) is 21.8 Å². The second-order valence-corrected chi connectivity index (χ2v) is 5.96. The molecular weight excluding hydrogens is 364 g/mol. The lowest BCUT2D eigenvalue weighted by molar-refractivity contribution is -0.928. The molecule has 0 radical (unpaired) electrons. The summed E-state index contributed by atoms with van der Waals surface area (Å²) in [4.78, 5) is 0. The molecule has 0 aromatic heterocycles. The molecule has 0 bridgehead atoms. The fourth-order valence-electron chi connectivity index (χ4n) is 3.19. The van der Waals surface area contributed by atoms with E-state index in [2.05, 4.69) is 86.7 Å². The van der Waals surface area contributed by atoms with Crippen molar-refractivity contribution in [3.05, 3.63) is 77.5 Å². The maximum atomic E-state index is 6.24. The molecule has 1 aliphatic rings. The van der Waals surface area contributed by atoms with Crippen LogP contribution in [0.3, 0.4) is 0 Å². The molecule has 4 heteroatoms. The molecule has 2 unspecified atom stereocenters. The second kappa shape index (κ2) is 8.47. The van der Waals surface area contributed by atoms with Gasteiger partial charge in [-0.15, -0.1) is 5.01 Å². The van der Waals surface area contributed by atoms with Crippen LogP contribution in [0.2, 0.25) is 0 Å². The lowest BCUT2D eigenvalue weighted by Crippen LogP contribution is -3.11. The fraction of sp³-hybridized carbons (Fsp3) is 0.300. The van der Waals surface area contributed by atoms with Gasteiger partial charge in [0.05, 0.1) is 13.7 Å². The molecule has 24 heavy (non-hydrogen) atoms. The van der Waals surface area contributed by atoms with Gasteiger partial charge in [0.1, 0.15) is 6.04 Å². The molecule has 0 saturated heterocycles. The van der Waals surface area contributed by atoms with Gasteiger partial charge < -0.3 is 21.7 Å². The average Bonchev–Trinajstić information content (AvgIpc) is 2.85. The molecule has 0 fully saturated rings. The average molecular weight is 389 g/mol. The van der Waals surface area contributed by atoms with Crippen molar-refractivity contribution >= 4 is 5.70 Å². The van der Waals surface area contributed by atoms with Gasteiger partial charge in [-0.05, 0) is 24.1 Å². The predicted octanol–water partition coefficient (Wildman–Crippen LogP) is -0.0978. The summed E-state index contributed by atoms with van der Waals surface area (Å²) < 4.78 is 6.24. The standard InChI is InChI=1S/C20H24N2O.BrH/c1-4-15-23-20-18(16-11-7-5-8-12-16)21(2)22(3)19(20)17-13-9-6-10-14-17;/h5-14,18H,4,15H2,1-3H3;1H. The fourth-order valence-corrected chi connectivity index (χ4v) is 3.19. The van der Waals surface area contributed by atoms with Gasteiger partial charge in [0.15, 0.2) is 11.5 Å². The molecule has 0 amide bonds. The monoisotopic (exact) mass is 388 g/mol. The van der Waals surface area contributed by atoms with Crippen molar-refractivity contribution in [2.24, 2.45) is 0 Å². The third-order valence-electron chi connectivity index (χ3n) is 4.41. The van der Waals surface area contributed by atoms with E-state index in [4.69, 9.17) is 4.74 Å². The van der Waals surface area contributed by atoms with Crippen molar-refractivity contribution in [2.45, 2.75) is 19.4 Å². The molecule has 1 N–H and O–H groups in total. The highest BCUT2D eigenvalue weighted by atomic mass is 79.9. The van der Waals surface area contributed by atoms with Crippen LogP contribution in [0, 0.1) is 0 Å².